The van der Waals surface area contributed by atoms with Crippen molar-refractivity contribution in [1.82, 2.24) is 9.55 Å². The summed E-state index contributed by atoms with van der Waals surface area (Å²) in [6, 6.07) is 6.57. The normalized spacial score (nSPS) is 19.2. The zero-order valence-electron chi connectivity index (χ0n) is 11.1. The first-order chi connectivity index (χ1) is 8.60. The van der Waals surface area contributed by atoms with Crippen molar-refractivity contribution in [3.05, 3.63) is 28.5 Å². The molecule has 0 bridgehead atoms. The molecule has 1 fully saturated rings. The van der Waals surface area contributed by atoms with Crippen molar-refractivity contribution < 1.29 is 0 Å². The quantitative estimate of drug-likeness (QED) is 0.738. The molecule has 1 aliphatic carbocycles. The topological polar surface area (TPSA) is 20.7 Å². The number of fused-ring (bicyclic) bond motifs is 1. The van der Waals surface area contributed by atoms with Gasteiger partial charge in [-0.3, -0.25) is 0 Å². The van der Waals surface area contributed by atoms with Gasteiger partial charge in [0.2, 0.25) is 0 Å². The highest BCUT2D eigenvalue weighted by Crippen LogP contribution is 2.37. The van der Waals surface area contributed by atoms with Gasteiger partial charge in [-0.05, 0) is 56.6 Å². The molecule has 1 aromatic heterocycles. The van der Waals surface area contributed by atoms with Crippen molar-refractivity contribution in [3.8, 4) is 0 Å². The van der Waals surface area contributed by atoms with Crippen LogP contribution in [-0.2, 0) is 5.54 Å². The summed E-state index contributed by atoms with van der Waals surface area (Å²) in [6.07, 6.45) is 6.47. The molecule has 3 heteroatoms. The first-order valence-electron chi connectivity index (χ1n) is 6.82. The molecule has 0 aliphatic heterocycles. The van der Waals surface area contributed by atoms with Crippen LogP contribution in [0.1, 0.15) is 44.6 Å². The molecule has 0 spiro atoms. The molecule has 1 aliphatic rings. The SMILES string of the molecule is Cc1ccc2c(c1)[nH]c(=S)n2C1(C)CCCCC1. The second-order valence-electron chi connectivity index (χ2n) is 5.84. The van der Waals surface area contributed by atoms with Gasteiger partial charge in [0.15, 0.2) is 4.77 Å². The van der Waals surface area contributed by atoms with E-state index in [0.717, 1.165) is 4.77 Å². The molecule has 1 saturated carbocycles. The maximum Gasteiger partial charge on any atom is 0.178 e. The number of hydrogen-bond acceptors (Lipinski definition) is 1. The lowest BCUT2D eigenvalue weighted by molar-refractivity contribution is 0.222. The van der Waals surface area contributed by atoms with Gasteiger partial charge in [-0.2, -0.15) is 0 Å². The summed E-state index contributed by atoms with van der Waals surface area (Å²) in [6.45, 7) is 4.48. The molecule has 96 valence electrons. The highest BCUT2D eigenvalue weighted by atomic mass is 32.1. The smallest absolute Gasteiger partial charge is 0.178 e. The van der Waals surface area contributed by atoms with Crippen LogP contribution < -0.4 is 0 Å². The molecule has 0 unspecified atom stereocenters. The van der Waals surface area contributed by atoms with E-state index in [9.17, 15) is 0 Å². The summed E-state index contributed by atoms with van der Waals surface area (Å²) < 4.78 is 3.23. The second-order valence-corrected chi connectivity index (χ2v) is 6.23. The van der Waals surface area contributed by atoms with Gasteiger partial charge >= 0.3 is 0 Å². The predicted octanol–water partition coefficient (Wildman–Crippen LogP) is 4.69. The number of nitrogens with zero attached hydrogens (tertiary/aromatic N) is 1. The van der Waals surface area contributed by atoms with Gasteiger partial charge in [0.05, 0.1) is 11.0 Å². The van der Waals surface area contributed by atoms with Crippen molar-refractivity contribution in [1.29, 1.82) is 0 Å². The minimum absolute atomic E-state index is 0.197. The fourth-order valence-electron chi connectivity index (χ4n) is 3.30. The minimum atomic E-state index is 0.197. The number of rotatable bonds is 1. The highest BCUT2D eigenvalue weighted by Gasteiger charge is 2.30. The molecule has 1 aromatic carbocycles. The van der Waals surface area contributed by atoms with Crippen LogP contribution in [0.5, 0.6) is 0 Å². The Morgan fingerprint density at radius 2 is 1.94 bits per heavy atom. The third-order valence-corrected chi connectivity index (χ3v) is 4.59. The number of aromatic amines is 1. The molecule has 0 radical (unpaired) electrons. The average Bonchev–Trinajstić information content (AvgIpc) is 2.65. The Morgan fingerprint density at radius 3 is 2.67 bits per heavy atom. The van der Waals surface area contributed by atoms with Crippen LogP contribution in [0.4, 0.5) is 0 Å². The number of aryl methyl sites for hydroxylation is 1. The van der Waals surface area contributed by atoms with E-state index in [0.29, 0.717) is 0 Å². The molecule has 0 amide bonds. The number of nitrogens with one attached hydrogen (secondary N) is 1. The van der Waals surface area contributed by atoms with E-state index in [2.05, 4.69) is 41.6 Å². The Kier molecular flexibility index (Phi) is 2.81. The van der Waals surface area contributed by atoms with Gasteiger partial charge in [0, 0.05) is 5.54 Å². The lowest BCUT2D eigenvalue weighted by Crippen LogP contribution is -2.32. The molecule has 18 heavy (non-hydrogen) atoms. The fraction of sp³-hybridized carbons (Fsp3) is 0.533. The van der Waals surface area contributed by atoms with Gasteiger partial charge in [-0.25, -0.2) is 0 Å². The van der Waals surface area contributed by atoms with Gasteiger partial charge in [-0.15, -0.1) is 0 Å². The number of benzene rings is 1. The van der Waals surface area contributed by atoms with Crippen LogP contribution in [0.25, 0.3) is 11.0 Å². The molecule has 0 saturated heterocycles. The van der Waals surface area contributed by atoms with Gasteiger partial charge in [0.25, 0.3) is 0 Å². The van der Waals surface area contributed by atoms with E-state index in [1.807, 2.05) is 0 Å². The molecule has 2 nitrogen and oxygen atoms in total. The molecular formula is C15H20N2S. The number of imidazole rings is 1. The van der Waals surface area contributed by atoms with Crippen molar-refractivity contribution in [2.45, 2.75) is 51.5 Å². The third kappa shape index (κ3) is 1.81. The zero-order valence-corrected chi connectivity index (χ0v) is 11.9. The highest BCUT2D eigenvalue weighted by molar-refractivity contribution is 7.71. The Hall–Kier alpha value is -1.09. The lowest BCUT2D eigenvalue weighted by Gasteiger charge is -2.35. The Morgan fingerprint density at radius 1 is 1.22 bits per heavy atom. The predicted molar refractivity (Wildman–Crippen MR) is 78.6 cm³/mol. The monoisotopic (exact) mass is 260 g/mol. The first-order valence-corrected chi connectivity index (χ1v) is 7.23. The van der Waals surface area contributed by atoms with E-state index in [-0.39, 0.29) is 5.54 Å². The molecule has 1 N–H and O–H groups in total. The summed E-state index contributed by atoms with van der Waals surface area (Å²) in [5.74, 6) is 0. The van der Waals surface area contributed by atoms with Crippen LogP contribution in [0.3, 0.4) is 0 Å². The van der Waals surface area contributed by atoms with Gasteiger partial charge < -0.3 is 9.55 Å². The summed E-state index contributed by atoms with van der Waals surface area (Å²) in [5, 5.41) is 0. The van der Waals surface area contributed by atoms with E-state index in [1.54, 1.807) is 0 Å². The Balaban J connectivity index is 2.22. The van der Waals surface area contributed by atoms with Crippen molar-refractivity contribution >= 4 is 23.3 Å². The van der Waals surface area contributed by atoms with Crippen LogP contribution in [0.2, 0.25) is 0 Å². The Bertz CT molecular complexity index is 629. The summed E-state index contributed by atoms with van der Waals surface area (Å²) in [5.41, 5.74) is 3.91. The second kappa shape index (κ2) is 4.23. The average molecular weight is 260 g/mol. The van der Waals surface area contributed by atoms with Crippen LogP contribution >= 0.6 is 12.2 Å². The van der Waals surface area contributed by atoms with Crippen molar-refractivity contribution in [2.24, 2.45) is 0 Å². The standard InChI is InChI=1S/C15H20N2S/c1-11-6-7-13-12(10-11)16-14(18)17(13)15(2)8-4-3-5-9-15/h6-7,10H,3-5,8-9H2,1-2H3,(H,16,18). The van der Waals surface area contributed by atoms with E-state index in [4.69, 9.17) is 12.2 Å². The minimum Gasteiger partial charge on any atom is -0.331 e. The van der Waals surface area contributed by atoms with Crippen LogP contribution in [-0.4, -0.2) is 9.55 Å². The molecule has 1 heterocycles. The maximum atomic E-state index is 5.56. The summed E-state index contributed by atoms with van der Waals surface area (Å²) in [7, 11) is 0. The molecule has 2 aromatic rings. The maximum absolute atomic E-state index is 5.56. The molecule has 0 atom stereocenters. The Labute approximate surface area is 113 Å². The van der Waals surface area contributed by atoms with Gasteiger partial charge in [-0.1, -0.05) is 25.3 Å². The van der Waals surface area contributed by atoms with Crippen LogP contribution in [0, 0.1) is 11.7 Å². The van der Waals surface area contributed by atoms with Gasteiger partial charge in [0.1, 0.15) is 0 Å². The van der Waals surface area contributed by atoms with E-state index in [1.165, 1.54) is 48.7 Å². The molecular weight excluding hydrogens is 240 g/mol. The number of H-pyrrole nitrogens is 1. The summed E-state index contributed by atoms with van der Waals surface area (Å²) in [4.78, 5) is 3.37. The van der Waals surface area contributed by atoms with E-state index >= 15 is 0 Å². The summed E-state index contributed by atoms with van der Waals surface area (Å²) >= 11 is 5.56. The first kappa shape index (κ1) is 12.0. The van der Waals surface area contributed by atoms with Crippen LogP contribution in [0.15, 0.2) is 18.2 Å². The zero-order chi connectivity index (χ0) is 12.8. The van der Waals surface area contributed by atoms with Crippen molar-refractivity contribution in [3.63, 3.8) is 0 Å². The number of aromatic nitrogens is 2. The van der Waals surface area contributed by atoms with Crippen molar-refractivity contribution in [2.75, 3.05) is 0 Å². The fourth-order valence-corrected chi connectivity index (χ4v) is 3.73. The largest absolute Gasteiger partial charge is 0.331 e. The lowest BCUT2D eigenvalue weighted by atomic mass is 9.83. The third-order valence-electron chi connectivity index (χ3n) is 4.31. The van der Waals surface area contributed by atoms with E-state index < -0.39 is 0 Å². The molecule has 3 rings (SSSR count). The number of hydrogen-bond donors (Lipinski definition) is 1.